The second-order valence-electron chi connectivity index (χ2n) is 4.22. The summed E-state index contributed by atoms with van der Waals surface area (Å²) in [6.07, 6.45) is 9.09. The van der Waals surface area contributed by atoms with Crippen LogP contribution in [-0.4, -0.2) is 13.1 Å². The van der Waals surface area contributed by atoms with Gasteiger partial charge in [0.25, 0.3) is 0 Å². The molecule has 0 saturated heterocycles. The van der Waals surface area contributed by atoms with Crippen molar-refractivity contribution in [2.75, 3.05) is 7.11 Å². The summed E-state index contributed by atoms with van der Waals surface area (Å²) < 4.78 is 4.56. The van der Waals surface area contributed by atoms with Crippen molar-refractivity contribution in [2.24, 2.45) is 17.8 Å². The molecule has 0 aromatic rings. The average molecular weight is 180 g/mol. The van der Waals surface area contributed by atoms with Crippen LogP contribution in [0.3, 0.4) is 0 Å². The first kappa shape index (κ1) is 8.79. The van der Waals surface area contributed by atoms with E-state index in [2.05, 4.69) is 10.8 Å². The maximum atomic E-state index is 10.9. The highest BCUT2D eigenvalue weighted by Gasteiger charge is 2.37. The van der Waals surface area contributed by atoms with Crippen molar-refractivity contribution >= 4 is 5.97 Å². The third kappa shape index (κ3) is 1.77. The van der Waals surface area contributed by atoms with Crippen LogP contribution in [-0.2, 0) is 9.53 Å². The predicted octanol–water partition coefficient (Wildman–Crippen LogP) is 2.15. The van der Waals surface area contributed by atoms with Gasteiger partial charge in [0.1, 0.15) is 0 Å². The summed E-state index contributed by atoms with van der Waals surface area (Å²) in [6.45, 7) is 0. The van der Waals surface area contributed by atoms with Crippen LogP contribution in [0.4, 0.5) is 0 Å². The van der Waals surface area contributed by atoms with Crippen LogP contribution < -0.4 is 0 Å². The molecule has 0 aromatic carbocycles. The fraction of sp³-hybridized carbons (Fsp3) is 0.727. The number of hydrogen-bond acceptors (Lipinski definition) is 2. The van der Waals surface area contributed by atoms with Crippen molar-refractivity contribution in [1.29, 1.82) is 0 Å². The standard InChI is InChI=1S/C11H16O2/c1-13-11(12)5-4-10-7-8-2-3-9(10)6-8/h4-5,8-10H,2-3,6-7H2,1H3/b5-4+. The Morgan fingerprint density at radius 2 is 2.23 bits per heavy atom. The molecule has 0 aliphatic heterocycles. The normalized spacial score (nSPS) is 37.2. The minimum atomic E-state index is -0.220. The molecule has 0 spiro atoms. The summed E-state index contributed by atoms with van der Waals surface area (Å²) in [4.78, 5) is 10.9. The number of fused-ring (bicyclic) bond motifs is 2. The molecule has 2 nitrogen and oxygen atoms in total. The van der Waals surface area contributed by atoms with Crippen LogP contribution in [0.5, 0.6) is 0 Å². The third-order valence-corrected chi connectivity index (χ3v) is 3.47. The lowest BCUT2D eigenvalue weighted by Gasteiger charge is -2.17. The minimum Gasteiger partial charge on any atom is -0.466 e. The highest BCUT2D eigenvalue weighted by Crippen LogP contribution is 2.48. The molecule has 72 valence electrons. The number of methoxy groups -OCH3 is 1. The Hall–Kier alpha value is -0.790. The molecule has 0 aromatic heterocycles. The van der Waals surface area contributed by atoms with Gasteiger partial charge in [-0.25, -0.2) is 4.79 Å². The lowest BCUT2D eigenvalue weighted by Crippen LogP contribution is -2.08. The monoisotopic (exact) mass is 180 g/mol. The van der Waals surface area contributed by atoms with Crippen LogP contribution in [0, 0.1) is 17.8 Å². The van der Waals surface area contributed by atoms with Gasteiger partial charge in [0.2, 0.25) is 0 Å². The second kappa shape index (κ2) is 3.52. The van der Waals surface area contributed by atoms with Crippen LogP contribution >= 0.6 is 0 Å². The van der Waals surface area contributed by atoms with E-state index in [1.807, 2.05) is 0 Å². The Bertz CT molecular complexity index is 232. The second-order valence-corrected chi connectivity index (χ2v) is 4.22. The van der Waals surface area contributed by atoms with Crippen LogP contribution in [0.25, 0.3) is 0 Å². The van der Waals surface area contributed by atoms with E-state index in [4.69, 9.17) is 0 Å². The molecular formula is C11H16O2. The van der Waals surface area contributed by atoms with Crippen molar-refractivity contribution in [2.45, 2.75) is 25.7 Å². The van der Waals surface area contributed by atoms with Gasteiger partial charge in [0.05, 0.1) is 7.11 Å². The molecule has 0 N–H and O–H groups in total. The summed E-state index contributed by atoms with van der Waals surface area (Å²) in [7, 11) is 1.42. The van der Waals surface area contributed by atoms with E-state index >= 15 is 0 Å². The highest BCUT2D eigenvalue weighted by molar-refractivity contribution is 5.81. The van der Waals surface area contributed by atoms with Gasteiger partial charge in [-0.2, -0.15) is 0 Å². The Morgan fingerprint density at radius 1 is 1.38 bits per heavy atom. The summed E-state index contributed by atoms with van der Waals surface area (Å²) in [5, 5.41) is 0. The average Bonchev–Trinajstić information content (AvgIpc) is 2.74. The van der Waals surface area contributed by atoms with Crippen molar-refractivity contribution in [3.05, 3.63) is 12.2 Å². The van der Waals surface area contributed by atoms with Crippen LogP contribution in [0.2, 0.25) is 0 Å². The molecule has 3 unspecified atom stereocenters. The number of carbonyl (C=O) groups is 1. The molecule has 2 bridgehead atoms. The molecule has 2 aliphatic carbocycles. The molecule has 13 heavy (non-hydrogen) atoms. The summed E-state index contributed by atoms with van der Waals surface area (Å²) >= 11 is 0. The van der Waals surface area contributed by atoms with Gasteiger partial charge in [-0.15, -0.1) is 0 Å². The van der Waals surface area contributed by atoms with Crippen molar-refractivity contribution < 1.29 is 9.53 Å². The Labute approximate surface area is 79.0 Å². The number of rotatable bonds is 2. The lowest BCUT2D eigenvalue weighted by molar-refractivity contribution is -0.134. The Morgan fingerprint density at radius 3 is 2.77 bits per heavy atom. The molecule has 2 rings (SSSR count). The molecular weight excluding hydrogens is 164 g/mol. The summed E-state index contributed by atoms with van der Waals surface area (Å²) in [6, 6.07) is 0. The fourth-order valence-electron chi connectivity index (χ4n) is 2.80. The number of esters is 1. The molecule has 2 aliphatic rings. The highest BCUT2D eigenvalue weighted by atomic mass is 16.5. The van der Waals surface area contributed by atoms with E-state index in [-0.39, 0.29) is 5.97 Å². The van der Waals surface area contributed by atoms with Crippen molar-refractivity contribution in [1.82, 2.24) is 0 Å². The summed E-state index contributed by atoms with van der Waals surface area (Å²) in [5.41, 5.74) is 0. The first-order valence-electron chi connectivity index (χ1n) is 5.05. The lowest BCUT2D eigenvalue weighted by atomic mass is 9.89. The molecule has 2 fully saturated rings. The van der Waals surface area contributed by atoms with E-state index in [1.165, 1.54) is 32.8 Å². The predicted molar refractivity (Wildman–Crippen MR) is 50.1 cm³/mol. The molecule has 2 saturated carbocycles. The third-order valence-electron chi connectivity index (χ3n) is 3.47. The van der Waals surface area contributed by atoms with Crippen molar-refractivity contribution in [3.8, 4) is 0 Å². The van der Waals surface area contributed by atoms with Crippen LogP contribution in [0.15, 0.2) is 12.2 Å². The zero-order valence-corrected chi connectivity index (χ0v) is 8.03. The van der Waals surface area contributed by atoms with E-state index in [1.54, 1.807) is 6.08 Å². The van der Waals surface area contributed by atoms with E-state index in [0.717, 1.165) is 11.8 Å². The quantitative estimate of drug-likeness (QED) is 0.481. The number of hydrogen-bond donors (Lipinski definition) is 0. The SMILES string of the molecule is COC(=O)/C=C/C1CC2CCC1C2. The minimum absolute atomic E-state index is 0.220. The van der Waals surface area contributed by atoms with Gasteiger partial charge >= 0.3 is 5.97 Å². The molecule has 0 heterocycles. The maximum absolute atomic E-state index is 10.9. The topological polar surface area (TPSA) is 26.3 Å². The van der Waals surface area contributed by atoms with Crippen molar-refractivity contribution in [3.63, 3.8) is 0 Å². The molecule has 0 amide bonds. The van der Waals surface area contributed by atoms with Gasteiger partial charge in [-0.05, 0) is 37.0 Å². The smallest absolute Gasteiger partial charge is 0.330 e. The first-order valence-corrected chi connectivity index (χ1v) is 5.05. The van der Waals surface area contributed by atoms with Gasteiger partial charge in [-0.3, -0.25) is 0 Å². The molecule has 0 radical (unpaired) electrons. The number of allylic oxidation sites excluding steroid dienone is 1. The summed E-state index contributed by atoms with van der Waals surface area (Å²) in [5.74, 6) is 2.23. The maximum Gasteiger partial charge on any atom is 0.330 e. The first-order chi connectivity index (χ1) is 6.29. The zero-order valence-electron chi connectivity index (χ0n) is 8.03. The van der Waals surface area contributed by atoms with E-state index < -0.39 is 0 Å². The van der Waals surface area contributed by atoms with Gasteiger partial charge in [0.15, 0.2) is 0 Å². The van der Waals surface area contributed by atoms with Gasteiger partial charge < -0.3 is 4.74 Å². The molecule has 3 atom stereocenters. The zero-order chi connectivity index (χ0) is 9.26. The van der Waals surface area contributed by atoms with Crippen LogP contribution in [0.1, 0.15) is 25.7 Å². The Balaban J connectivity index is 1.89. The van der Waals surface area contributed by atoms with E-state index in [0.29, 0.717) is 5.92 Å². The van der Waals surface area contributed by atoms with E-state index in [9.17, 15) is 4.79 Å². The number of carbonyl (C=O) groups excluding carboxylic acids is 1. The number of ether oxygens (including phenoxy) is 1. The van der Waals surface area contributed by atoms with Gasteiger partial charge in [0, 0.05) is 6.08 Å². The largest absolute Gasteiger partial charge is 0.466 e. The molecule has 2 heteroatoms. The fourth-order valence-corrected chi connectivity index (χ4v) is 2.80. The van der Waals surface area contributed by atoms with Gasteiger partial charge in [-0.1, -0.05) is 12.5 Å². The Kier molecular flexibility index (Phi) is 2.38.